The number of rotatable bonds is 3. The first-order valence-electron chi connectivity index (χ1n) is 9.13. The Hall–Kier alpha value is -2.67. The lowest BCUT2D eigenvalue weighted by atomic mass is 10.0. The number of carbonyl (C=O) groups excluding carboxylic acids is 1. The molecule has 3 heterocycles. The number of fused-ring (bicyclic) bond motifs is 3. The second-order valence-corrected chi connectivity index (χ2v) is 7.94. The highest BCUT2D eigenvalue weighted by Gasteiger charge is 2.30. The quantitative estimate of drug-likeness (QED) is 0.797. The van der Waals surface area contributed by atoms with Gasteiger partial charge in [-0.2, -0.15) is 0 Å². The fourth-order valence-electron chi connectivity index (χ4n) is 3.68. The van der Waals surface area contributed by atoms with Crippen LogP contribution in [0.3, 0.4) is 0 Å². The molecule has 140 valence electrons. The molecule has 6 nitrogen and oxygen atoms in total. The molecule has 1 aromatic heterocycles. The Balaban J connectivity index is 1.72. The van der Waals surface area contributed by atoms with E-state index in [-0.39, 0.29) is 11.9 Å². The average Bonchev–Trinajstić information content (AvgIpc) is 3.25. The van der Waals surface area contributed by atoms with Crippen molar-refractivity contribution in [2.45, 2.75) is 32.2 Å². The summed E-state index contributed by atoms with van der Waals surface area (Å²) >= 11 is 1.48. The zero-order valence-electron chi connectivity index (χ0n) is 15.2. The first-order chi connectivity index (χ1) is 13.1. The Kier molecular flexibility index (Phi) is 4.70. The summed E-state index contributed by atoms with van der Waals surface area (Å²) in [5, 5.41) is 8.04. The van der Waals surface area contributed by atoms with Gasteiger partial charge in [0.1, 0.15) is 5.75 Å². The van der Waals surface area contributed by atoms with E-state index < -0.39 is 0 Å². The smallest absolute Gasteiger partial charge is 0.283 e. The molecule has 7 heteroatoms. The highest BCUT2D eigenvalue weighted by molar-refractivity contribution is 7.14. The predicted octanol–water partition coefficient (Wildman–Crippen LogP) is 3.32. The minimum Gasteiger partial charge on any atom is -0.492 e. The number of allylic oxidation sites excluding steroid dienone is 1. The zero-order valence-corrected chi connectivity index (χ0v) is 16.0. The highest BCUT2D eigenvalue weighted by atomic mass is 32.1. The minimum absolute atomic E-state index is 0.0364. The van der Waals surface area contributed by atoms with E-state index in [4.69, 9.17) is 20.9 Å². The highest BCUT2D eigenvalue weighted by Crippen LogP contribution is 2.39. The summed E-state index contributed by atoms with van der Waals surface area (Å²) in [6.07, 6.45) is 5.47. The van der Waals surface area contributed by atoms with Gasteiger partial charge in [0.25, 0.3) is 5.91 Å². The SMILES string of the molecule is C[C@@H]1CCCN1C(=O)c1nc2c(s1)CCOc1cc(/C(C=N)=C/N)ccc1-2. The minimum atomic E-state index is 0.0364. The van der Waals surface area contributed by atoms with Crippen molar-refractivity contribution < 1.29 is 9.53 Å². The summed E-state index contributed by atoms with van der Waals surface area (Å²) in [5.74, 6) is 0.751. The third-order valence-electron chi connectivity index (χ3n) is 5.19. The average molecular weight is 382 g/mol. The predicted molar refractivity (Wildman–Crippen MR) is 107 cm³/mol. The number of carbonyl (C=O) groups is 1. The monoisotopic (exact) mass is 382 g/mol. The summed E-state index contributed by atoms with van der Waals surface area (Å²) in [4.78, 5) is 20.6. The van der Waals surface area contributed by atoms with Crippen molar-refractivity contribution in [3.8, 4) is 17.0 Å². The number of likely N-dealkylation sites (tertiary alicyclic amines) is 1. The number of benzene rings is 1. The lowest BCUT2D eigenvalue weighted by molar-refractivity contribution is 0.0747. The van der Waals surface area contributed by atoms with Gasteiger partial charge in [-0.15, -0.1) is 11.3 Å². The Morgan fingerprint density at radius 3 is 3.04 bits per heavy atom. The molecule has 0 unspecified atom stereocenters. The van der Waals surface area contributed by atoms with E-state index in [1.54, 1.807) is 0 Å². The molecule has 2 aromatic rings. The molecule has 0 saturated carbocycles. The van der Waals surface area contributed by atoms with Gasteiger partial charge < -0.3 is 20.8 Å². The van der Waals surface area contributed by atoms with Crippen LogP contribution in [0.4, 0.5) is 0 Å². The molecule has 3 N–H and O–H groups in total. The van der Waals surface area contributed by atoms with Crippen molar-refractivity contribution in [2.24, 2.45) is 5.73 Å². The zero-order chi connectivity index (χ0) is 19.0. The van der Waals surface area contributed by atoms with Gasteiger partial charge in [-0.05, 0) is 37.5 Å². The van der Waals surface area contributed by atoms with Crippen LogP contribution in [0.5, 0.6) is 5.75 Å². The van der Waals surface area contributed by atoms with Gasteiger partial charge in [-0.1, -0.05) is 6.07 Å². The fourth-order valence-corrected chi connectivity index (χ4v) is 4.69. The van der Waals surface area contributed by atoms with Gasteiger partial charge >= 0.3 is 0 Å². The van der Waals surface area contributed by atoms with Crippen LogP contribution >= 0.6 is 11.3 Å². The van der Waals surface area contributed by atoms with Gasteiger partial charge in [0.15, 0.2) is 5.01 Å². The van der Waals surface area contributed by atoms with E-state index in [9.17, 15) is 4.79 Å². The molecule has 2 aliphatic heterocycles. The summed E-state index contributed by atoms with van der Waals surface area (Å²) < 4.78 is 5.91. The second kappa shape index (κ2) is 7.15. The molecule has 0 aliphatic carbocycles. The molecule has 0 spiro atoms. The van der Waals surface area contributed by atoms with Crippen LogP contribution in [0.1, 0.15) is 40.0 Å². The van der Waals surface area contributed by atoms with E-state index >= 15 is 0 Å². The Morgan fingerprint density at radius 1 is 1.48 bits per heavy atom. The topological polar surface area (TPSA) is 92.3 Å². The first kappa shape index (κ1) is 17.7. The van der Waals surface area contributed by atoms with Crippen molar-refractivity contribution in [1.29, 1.82) is 5.41 Å². The van der Waals surface area contributed by atoms with Crippen LogP contribution in [0.2, 0.25) is 0 Å². The number of amides is 1. The normalized spacial score (nSPS) is 19.1. The number of nitrogens with one attached hydrogen (secondary N) is 1. The molecular weight excluding hydrogens is 360 g/mol. The van der Waals surface area contributed by atoms with E-state index in [1.807, 2.05) is 23.1 Å². The maximum atomic E-state index is 12.9. The maximum Gasteiger partial charge on any atom is 0.283 e. The van der Waals surface area contributed by atoms with Gasteiger partial charge in [-0.25, -0.2) is 4.98 Å². The summed E-state index contributed by atoms with van der Waals surface area (Å²) in [6.45, 7) is 3.44. The Bertz CT molecular complexity index is 934. The van der Waals surface area contributed by atoms with Crippen LogP contribution in [-0.2, 0) is 6.42 Å². The number of hydrogen-bond acceptors (Lipinski definition) is 6. The molecule has 27 heavy (non-hydrogen) atoms. The van der Waals surface area contributed by atoms with E-state index in [1.165, 1.54) is 23.8 Å². The Morgan fingerprint density at radius 2 is 2.33 bits per heavy atom. The van der Waals surface area contributed by atoms with E-state index in [0.29, 0.717) is 22.9 Å². The van der Waals surface area contributed by atoms with Crippen LogP contribution in [0.25, 0.3) is 16.8 Å². The van der Waals surface area contributed by atoms with E-state index in [0.717, 1.165) is 47.5 Å². The summed E-state index contributed by atoms with van der Waals surface area (Å²) in [6, 6.07) is 6.01. The number of ether oxygens (including phenoxy) is 1. The summed E-state index contributed by atoms with van der Waals surface area (Å²) in [7, 11) is 0. The lowest BCUT2D eigenvalue weighted by Gasteiger charge is -2.19. The number of hydrogen-bond donors (Lipinski definition) is 2. The second-order valence-electron chi connectivity index (χ2n) is 6.86. The fraction of sp³-hybridized carbons (Fsp3) is 0.350. The van der Waals surface area contributed by atoms with Gasteiger partial charge in [0.2, 0.25) is 0 Å². The third-order valence-corrected chi connectivity index (χ3v) is 6.29. The van der Waals surface area contributed by atoms with Gasteiger partial charge in [0.05, 0.1) is 12.3 Å². The van der Waals surface area contributed by atoms with Crippen LogP contribution in [-0.4, -0.2) is 41.2 Å². The van der Waals surface area contributed by atoms with Crippen molar-refractivity contribution >= 4 is 29.0 Å². The van der Waals surface area contributed by atoms with Gasteiger partial charge in [-0.3, -0.25) is 4.79 Å². The molecule has 0 radical (unpaired) electrons. The van der Waals surface area contributed by atoms with Crippen molar-refractivity contribution in [3.05, 3.63) is 39.8 Å². The third kappa shape index (κ3) is 3.12. The van der Waals surface area contributed by atoms with Crippen molar-refractivity contribution in [3.63, 3.8) is 0 Å². The van der Waals surface area contributed by atoms with Crippen LogP contribution in [0.15, 0.2) is 24.4 Å². The van der Waals surface area contributed by atoms with Gasteiger partial charge in [0, 0.05) is 47.4 Å². The molecule has 1 aromatic carbocycles. The van der Waals surface area contributed by atoms with Crippen LogP contribution in [0, 0.1) is 5.41 Å². The molecule has 1 amide bonds. The molecule has 0 bridgehead atoms. The van der Waals surface area contributed by atoms with Crippen molar-refractivity contribution in [1.82, 2.24) is 9.88 Å². The molecule has 2 aliphatic rings. The molecular formula is C20H22N4O2S. The summed E-state index contributed by atoms with van der Waals surface area (Å²) in [5.41, 5.74) is 8.78. The van der Waals surface area contributed by atoms with Crippen LogP contribution < -0.4 is 10.5 Å². The standard InChI is InChI=1S/C20H22N4O2S/c1-12-3-2-7-24(12)20(25)19-23-18-15-5-4-13(14(10-21)11-22)9-16(15)26-8-6-17(18)27-19/h4-5,9-12,21H,2-3,6-8,22H2,1H3/b14-11+,21-10?/t12-/m1/s1. The number of nitrogens with zero attached hydrogens (tertiary/aromatic N) is 2. The number of thiazole rings is 1. The lowest BCUT2D eigenvalue weighted by Crippen LogP contribution is -2.33. The van der Waals surface area contributed by atoms with Crippen molar-refractivity contribution in [2.75, 3.05) is 13.2 Å². The van der Waals surface area contributed by atoms with E-state index in [2.05, 4.69) is 6.92 Å². The number of nitrogens with two attached hydrogens (primary N) is 1. The Labute approximate surface area is 162 Å². The molecule has 1 saturated heterocycles. The molecule has 1 fully saturated rings. The number of aromatic nitrogens is 1. The first-order valence-corrected chi connectivity index (χ1v) is 9.94. The molecule has 1 atom stereocenters. The largest absolute Gasteiger partial charge is 0.492 e. The maximum absolute atomic E-state index is 12.9. The molecule has 4 rings (SSSR count).